The highest BCUT2D eigenvalue weighted by Crippen LogP contribution is 2.18. The Morgan fingerprint density at radius 3 is 2.36 bits per heavy atom. The van der Waals surface area contributed by atoms with Crippen molar-refractivity contribution in [1.29, 1.82) is 0 Å². The van der Waals surface area contributed by atoms with Gasteiger partial charge in [0.2, 0.25) is 10.0 Å². The molecule has 0 aliphatic rings. The first-order chi connectivity index (χ1) is 11.7. The summed E-state index contributed by atoms with van der Waals surface area (Å²) in [4.78, 5) is 16.6. The van der Waals surface area contributed by atoms with E-state index in [1.165, 1.54) is 19.2 Å². The minimum Gasteiger partial charge on any atom is -0.463 e. The third kappa shape index (κ3) is 5.99. The molecule has 138 valence electrons. The molecule has 0 aliphatic carbocycles. The third-order valence-corrected chi connectivity index (χ3v) is 5.05. The molecule has 0 saturated carbocycles. The number of carbonyl (C=O) groups is 1. The second-order valence-corrected chi connectivity index (χ2v) is 7.36. The Bertz CT molecular complexity index is 739. The lowest BCUT2D eigenvalue weighted by Crippen LogP contribution is -2.37. The van der Waals surface area contributed by atoms with Gasteiger partial charge in [0.25, 0.3) is 0 Å². The van der Waals surface area contributed by atoms with Crippen molar-refractivity contribution in [2.24, 2.45) is 5.16 Å². The molecule has 0 saturated heterocycles. The van der Waals surface area contributed by atoms with Crippen molar-refractivity contribution in [2.45, 2.75) is 25.7 Å². The van der Waals surface area contributed by atoms with Gasteiger partial charge in [-0.15, -0.1) is 0 Å². The maximum Gasteiger partial charge on any atom is 0.334 e. The predicted molar refractivity (Wildman–Crippen MR) is 95.8 cm³/mol. The van der Waals surface area contributed by atoms with Gasteiger partial charge in [-0.25, -0.2) is 13.2 Å². The Balaban J connectivity index is 3.16. The van der Waals surface area contributed by atoms with Gasteiger partial charge in [0, 0.05) is 12.1 Å². The first-order valence-electron chi connectivity index (χ1n) is 7.70. The smallest absolute Gasteiger partial charge is 0.334 e. The topological polar surface area (TPSA) is 85.3 Å². The Kier molecular flexibility index (Phi) is 7.79. The first kappa shape index (κ1) is 20.9. The van der Waals surface area contributed by atoms with E-state index in [2.05, 4.69) is 16.6 Å². The van der Waals surface area contributed by atoms with Crippen molar-refractivity contribution >= 4 is 21.7 Å². The molecule has 0 fully saturated rings. The largest absolute Gasteiger partial charge is 0.463 e. The van der Waals surface area contributed by atoms with Gasteiger partial charge >= 0.3 is 5.97 Å². The molecule has 0 aliphatic heterocycles. The van der Waals surface area contributed by atoms with Crippen LogP contribution in [-0.2, 0) is 24.4 Å². The quantitative estimate of drug-likeness (QED) is 0.288. The van der Waals surface area contributed by atoms with Crippen molar-refractivity contribution in [3.8, 4) is 0 Å². The van der Waals surface area contributed by atoms with Crippen LogP contribution in [0, 0.1) is 6.92 Å². The Hall–Kier alpha value is -2.19. The highest BCUT2D eigenvalue weighted by molar-refractivity contribution is 7.89. The van der Waals surface area contributed by atoms with Crippen LogP contribution in [0.4, 0.5) is 0 Å². The lowest BCUT2D eigenvalue weighted by Gasteiger charge is -2.22. The summed E-state index contributed by atoms with van der Waals surface area (Å²) < 4.78 is 31.9. The molecule has 0 N–H and O–H groups in total. The molecule has 1 rings (SSSR count). The normalized spacial score (nSPS) is 12.1. The van der Waals surface area contributed by atoms with Crippen molar-refractivity contribution in [1.82, 2.24) is 4.31 Å². The standard InChI is InChI=1S/C17H24N2O5S/c1-6-24-17(20)14(3)11-19(12-15(4)18-23-5)25(21,22)16-9-7-13(2)8-10-16/h7-10H,3,6,11-12H2,1-2,4-5H3/b18-15+. The molecule has 0 atom stereocenters. The molecule has 0 radical (unpaired) electrons. The minimum absolute atomic E-state index is 0.0392. The first-order valence-corrected chi connectivity index (χ1v) is 9.14. The fraction of sp³-hybridized carbons (Fsp3) is 0.412. The van der Waals surface area contributed by atoms with Gasteiger partial charge in [0.05, 0.1) is 23.8 Å². The van der Waals surface area contributed by atoms with Crippen molar-refractivity contribution in [3.63, 3.8) is 0 Å². The summed E-state index contributed by atoms with van der Waals surface area (Å²) >= 11 is 0. The van der Waals surface area contributed by atoms with E-state index in [4.69, 9.17) is 4.74 Å². The van der Waals surface area contributed by atoms with Gasteiger partial charge in [-0.2, -0.15) is 4.31 Å². The second-order valence-electron chi connectivity index (χ2n) is 5.42. The summed E-state index contributed by atoms with van der Waals surface area (Å²) in [7, 11) is -2.47. The molecule has 1 aromatic carbocycles. The van der Waals surface area contributed by atoms with E-state index in [-0.39, 0.29) is 30.2 Å². The molecule has 0 bridgehead atoms. The van der Waals surface area contributed by atoms with Crippen LogP contribution in [-0.4, -0.2) is 51.2 Å². The molecular weight excluding hydrogens is 344 g/mol. The van der Waals surface area contributed by atoms with Crippen LogP contribution in [0.1, 0.15) is 19.4 Å². The molecule has 0 heterocycles. The summed E-state index contributed by atoms with van der Waals surface area (Å²) in [5.41, 5.74) is 1.43. The molecule has 0 spiro atoms. The Labute approximate surface area is 149 Å². The SMILES string of the molecule is C=C(CN(C/C(C)=N/OC)S(=O)(=O)c1ccc(C)cc1)C(=O)OCC. The maximum atomic E-state index is 12.9. The molecule has 0 unspecified atom stereocenters. The van der Waals surface area contributed by atoms with Gasteiger partial charge < -0.3 is 9.57 Å². The van der Waals surface area contributed by atoms with Gasteiger partial charge in [-0.3, -0.25) is 0 Å². The van der Waals surface area contributed by atoms with Crippen molar-refractivity contribution in [3.05, 3.63) is 42.0 Å². The number of esters is 1. The number of nitrogens with zero attached hydrogens (tertiary/aromatic N) is 2. The van der Waals surface area contributed by atoms with Crippen LogP contribution in [0.15, 0.2) is 46.5 Å². The van der Waals surface area contributed by atoms with E-state index in [0.29, 0.717) is 5.71 Å². The minimum atomic E-state index is -3.85. The molecule has 0 aromatic heterocycles. The van der Waals surface area contributed by atoms with Crippen LogP contribution < -0.4 is 0 Å². The number of carbonyl (C=O) groups excluding carboxylic acids is 1. The van der Waals surface area contributed by atoms with E-state index in [9.17, 15) is 13.2 Å². The van der Waals surface area contributed by atoms with Crippen LogP contribution >= 0.6 is 0 Å². The van der Waals surface area contributed by atoms with Gasteiger partial charge in [0.15, 0.2) is 0 Å². The summed E-state index contributed by atoms with van der Waals surface area (Å²) in [5, 5.41) is 3.74. The average molecular weight is 368 g/mol. The number of hydrogen-bond acceptors (Lipinski definition) is 6. The molecule has 0 amide bonds. The highest BCUT2D eigenvalue weighted by atomic mass is 32.2. The maximum absolute atomic E-state index is 12.9. The fourth-order valence-electron chi connectivity index (χ4n) is 2.04. The number of sulfonamides is 1. The molecule has 8 heteroatoms. The zero-order chi connectivity index (χ0) is 19.0. The van der Waals surface area contributed by atoms with Crippen LogP contribution in [0.5, 0.6) is 0 Å². The van der Waals surface area contributed by atoms with E-state index in [1.54, 1.807) is 26.0 Å². The molecular formula is C17H24N2O5S. The number of ether oxygens (including phenoxy) is 1. The van der Waals surface area contributed by atoms with Crippen molar-refractivity contribution < 1.29 is 22.8 Å². The number of aryl methyl sites for hydroxylation is 1. The molecule has 1 aromatic rings. The molecule has 7 nitrogen and oxygen atoms in total. The van der Waals surface area contributed by atoms with Gasteiger partial charge in [0.1, 0.15) is 7.11 Å². The number of benzene rings is 1. The third-order valence-electron chi connectivity index (χ3n) is 3.24. The number of hydrogen-bond donors (Lipinski definition) is 0. The van der Waals surface area contributed by atoms with Gasteiger partial charge in [-0.05, 0) is 32.9 Å². The van der Waals surface area contributed by atoms with E-state index in [0.717, 1.165) is 9.87 Å². The van der Waals surface area contributed by atoms with Crippen molar-refractivity contribution in [2.75, 3.05) is 26.8 Å². The van der Waals surface area contributed by atoms with Gasteiger partial charge in [-0.1, -0.05) is 29.4 Å². The van der Waals surface area contributed by atoms with Crippen LogP contribution in [0.2, 0.25) is 0 Å². The predicted octanol–water partition coefficient (Wildman–Crippen LogP) is 2.13. The van der Waals surface area contributed by atoms with E-state index in [1.807, 2.05) is 6.92 Å². The second kappa shape index (κ2) is 9.33. The van der Waals surface area contributed by atoms with E-state index < -0.39 is 16.0 Å². The monoisotopic (exact) mass is 368 g/mol. The average Bonchev–Trinajstić information content (AvgIpc) is 2.55. The summed E-state index contributed by atoms with van der Waals surface area (Å²) in [6.07, 6.45) is 0. The number of oxime groups is 1. The Morgan fingerprint density at radius 2 is 1.84 bits per heavy atom. The van der Waals surface area contributed by atoms with E-state index >= 15 is 0 Å². The van der Waals surface area contributed by atoms with Crippen LogP contribution in [0.25, 0.3) is 0 Å². The van der Waals surface area contributed by atoms with Crippen LogP contribution in [0.3, 0.4) is 0 Å². The summed E-state index contributed by atoms with van der Waals surface area (Å²) in [5.74, 6) is -0.632. The summed E-state index contributed by atoms with van der Waals surface area (Å²) in [6, 6.07) is 6.46. The lowest BCUT2D eigenvalue weighted by molar-refractivity contribution is -0.138. The zero-order valence-electron chi connectivity index (χ0n) is 15.0. The number of rotatable bonds is 9. The zero-order valence-corrected chi connectivity index (χ0v) is 15.8. The Morgan fingerprint density at radius 1 is 1.24 bits per heavy atom. The highest BCUT2D eigenvalue weighted by Gasteiger charge is 2.27. The fourth-order valence-corrected chi connectivity index (χ4v) is 3.50. The molecule has 25 heavy (non-hydrogen) atoms. The lowest BCUT2D eigenvalue weighted by atomic mass is 10.2. The summed E-state index contributed by atoms with van der Waals surface area (Å²) in [6.45, 7) is 8.75.